The molecule has 0 bridgehead atoms. The summed E-state index contributed by atoms with van der Waals surface area (Å²) < 4.78 is 0. The fraction of sp³-hybridized carbons (Fsp3) is 0.600. The van der Waals surface area contributed by atoms with Crippen LogP contribution in [0.4, 0.5) is 0 Å². The first-order valence-electron chi connectivity index (χ1n) is 14.2. The number of hydrogen-bond donors (Lipinski definition) is 2. The van der Waals surface area contributed by atoms with Gasteiger partial charge >= 0.3 is 0 Å². The average molecular weight is 476 g/mol. The zero-order valence-corrected chi connectivity index (χ0v) is 21.3. The maximum absolute atomic E-state index is 14.5. The molecule has 4 atom stereocenters. The van der Waals surface area contributed by atoms with Gasteiger partial charge in [-0.25, -0.2) is 4.98 Å². The maximum Gasteiger partial charge on any atom is 0.239 e. The van der Waals surface area contributed by atoms with E-state index in [1.807, 2.05) is 0 Å². The van der Waals surface area contributed by atoms with Crippen molar-refractivity contribution >= 4 is 5.91 Å². The molecule has 4 heterocycles. The van der Waals surface area contributed by atoms with Crippen LogP contribution in [0.2, 0.25) is 0 Å². The first-order valence-corrected chi connectivity index (χ1v) is 14.2. The molecule has 0 unspecified atom stereocenters. The highest BCUT2D eigenvalue weighted by Crippen LogP contribution is 2.42. The Morgan fingerprint density at radius 3 is 2.63 bits per heavy atom. The summed E-state index contributed by atoms with van der Waals surface area (Å²) >= 11 is 0. The van der Waals surface area contributed by atoms with Crippen molar-refractivity contribution in [3.05, 3.63) is 65.0 Å². The van der Waals surface area contributed by atoms with Gasteiger partial charge in [0.1, 0.15) is 11.3 Å². The minimum atomic E-state index is -0.0533. The van der Waals surface area contributed by atoms with Crippen LogP contribution in [0.3, 0.4) is 0 Å². The Kier molecular flexibility index (Phi) is 6.40. The molecule has 1 saturated carbocycles. The van der Waals surface area contributed by atoms with Gasteiger partial charge in [0.25, 0.3) is 0 Å². The molecule has 35 heavy (non-hydrogen) atoms. The van der Waals surface area contributed by atoms with Crippen LogP contribution in [-0.2, 0) is 16.8 Å². The van der Waals surface area contributed by atoms with E-state index in [0.29, 0.717) is 23.8 Å². The molecule has 1 amide bonds. The van der Waals surface area contributed by atoms with Crippen LogP contribution < -0.4 is 15.6 Å². The normalized spacial score (nSPS) is 31.5. The third-order valence-electron chi connectivity index (χ3n) is 9.84. The molecule has 0 radical (unpaired) electrons. The lowest BCUT2D eigenvalue weighted by atomic mass is 9.68. The van der Waals surface area contributed by atoms with E-state index in [1.54, 1.807) is 0 Å². The molecular formula is C30H43N4O+3. The quantitative estimate of drug-likeness (QED) is 0.697. The van der Waals surface area contributed by atoms with Crippen LogP contribution in [0.25, 0.3) is 0 Å². The molecule has 2 aromatic rings. The fourth-order valence-corrected chi connectivity index (χ4v) is 8.07. The molecule has 186 valence electrons. The van der Waals surface area contributed by atoms with Gasteiger partial charge in [-0.15, -0.1) is 0 Å². The molecule has 5 N–H and O–H groups in total. The zero-order valence-electron chi connectivity index (χ0n) is 21.3. The summed E-state index contributed by atoms with van der Waals surface area (Å²) in [6.45, 7) is 7.03. The topological polar surface area (TPSA) is 67.7 Å². The van der Waals surface area contributed by atoms with E-state index < -0.39 is 0 Å². The number of quaternary nitrogens is 2. The van der Waals surface area contributed by atoms with Gasteiger partial charge in [-0.3, -0.25) is 4.79 Å². The smallest absolute Gasteiger partial charge is 0.239 e. The number of nitrogens with zero attached hydrogens (tertiary/aromatic N) is 1. The van der Waals surface area contributed by atoms with E-state index >= 15 is 0 Å². The van der Waals surface area contributed by atoms with E-state index in [0.717, 1.165) is 45.6 Å². The first-order chi connectivity index (χ1) is 17.2. The van der Waals surface area contributed by atoms with Gasteiger partial charge in [0.05, 0.1) is 19.6 Å². The highest BCUT2D eigenvalue weighted by Gasteiger charge is 2.58. The monoisotopic (exact) mass is 475 g/mol. The maximum atomic E-state index is 14.5. The molecule has 1 aliphatic carbocycles. The Balaban J connectivity index is 1.30. The number of nitrogens with two attached hydrogens (primary N) is 2. The van der Waals surface area contributed by atoms with Gasteiger partial charge in [-0.05, 0) is 49.1 Å². The number of nitrogens with one attached hydrogen (secondary N) is 1. The summed E-state index contributed by atoms with van der Waals surface area (Å²) in [6.07, 6.45) is 8.85. The number of fused-ring (bicyclic) bond motifs is 2. The summed E-state index contributed by atoms with van der Waals surface area (Å²) in [4.78, 5) is 20.6. The predicted octanol–water partition coefficient (Wildman–Crippen LogP) is 1.67. The number of H-pyrrole nitrogens is 1. The van der Waals surface area contributed by atoms with Crippen molar-refractivity contribution in [2.24, 2.45) is 11.8 Å². The highest BCUT2D eigenvalue weighted by atomic mass is 16.2. The van der Waals surface area contributed by atoms with Crippen molar-refractivity contribution in [2.75, 3.05) is 26.2 Å². The Morgan fingerprint density at radius 2 is 1.80 bits per heavy atom. The molecular weight excluding hydrogens is 432 g/mol. The van der Waals surface area contributed by atoms with Gasteiger partial charge in [-0.1, -0.05) is 49.6 Å². The number of aromatic nitrogens is 1. The average Bonchev–Trinajstić information content (AvgIpc) is 3.32. The molecule has 1 aromatic heterocycles. The van der Waals surface area contributed by atoms with Gasteiger partial charge < -0.3 is 15.5 Å². The van der Waals surface area contributed by atoms with Gasteiger partial charge in [0.2, 0.25) is 11.6 Å². The summed E-state index contributed by atoms with van der Waals surface area (Å²) in [5, 5.41) is 4.84. The molecule has 1 spiro atoms. The number of likely N-dealkylation sites (tertiary alicyclic amines) is 1. The number of rotatable bonds is 3. The number of pyridine rings is 1. The number of aryl methyl sites for hydroxylation is 1. The second kappa shape index (κ2) is 9.67. The standard InChI is InChI=1S/C30H40N4O/c1-21-12-13-25-27(33-21)18-32-20-30(25)19-31-17-26(30)29(35)34-15-14-24(22-8-4-2-5-9-22)16-28(34)23-10-6-3-7-11-23/h2,4-5,8-9,12-13,23-24,26,28,31-32H,3,6-7,10-11,14-20H2,1H3/p+3/t24-,26+,28+,30-/m1/s1. The third kappa shape index (κ3) is 4.21. The summed E-state index contributed by atoms with van der Waals surface area (Å²) in [7, 11) is 0. The van der Waals surface area contributed by atoms with Crippen molar-refractivity contribution in [2.45, 2.75) is 75.8 Å². The van der Waals surface area contributed by atoms with E-state index in [2.05, 4.69) is 69.9 Å². The van der Waals surface area contributed by atoms with E-state index in [1.165, 1.54) is 54.6 Å². The van der Waals surface area contributed by atoms with Crippen LogP contribution in [0.5, 0.6) is 0 Å². The van der Waals surface area contributed by atoms with Crippen LogP contribution in [-0.4, -0.2) is 43.0 Å². The summed E-state index contributed by atoms with van der Waals surface area (Å²) in [6, 6.07) is 16.0. The Hall–Kier alpha value is -2.24. The van der Waals surface area contributed by atoms with E-state index in [-0.39, 0.29) is 11.3 Å². The molecule has 3 aliphatic heterocycles. The van der Waals surface area contributed by atoms with Crippen molar-refractivity contribution in [1.29, 1.82) is 0 Å². The number of benzene rings is 1. The number of carbonyl (C=O) groups excluding carboxylic acids is 1. The second-order valence-electron chi connectivity index (χ2n) is 11.8. The van der Waals surface area contributed by atoms with Gasteiger partial charge in [0.15, 0.2) is 12.2 Å². The minimum Gasteiger partial charge on any atom is -0.345 e. The van der Waals surface area contributed by atoms with E-state index in [9.17, 15) is 4.79 Å². The number of aromatic amines is 1. The molecule has 2 saturated heterocycles. The fourth-order valence-electron chi connectivity index (χ4n) is 8.07. The number of amides is 1. The van der Waals surface area contributed by atoms with Crippen LogP contribution in [0.1, 0.15) is 73.4 Å². The number of hydrogen-bond acceptors (Lipinski definition) is 1. The molecule has 5 heteroatoms. The molecule has 5 nitrogen and oxygen atoms in total. The van der Waals surface area contributed by atoms with Crippen LogP contribution in [0, 0.1) is 18.8 Å². The number of carbonyl (C=O) groups is 1. The Labute approximate surface area is 210 Å². The zero-order chi connectivity index (χ0) is 23.8. The Morgan fingerprint density at radius 1 is 1.00 bits per heavy atom. The van der Waals surface area contributed by atoms with Crippen LogP contribution >= 0.6 is 0 Å². The molecule has 3 fully saturated rings. The van der Waals surface area contributed by atoms with Gasteiger partial charge in [0, 0.05) is 31.1 Å². The van der Waals surface area contributed by atoms with Gasteiger partial charge in [-0.2, -0.15) is 0 Å². The van der Waals surface area contributed by atoms with Crippen molar-refractivity contribution in [3.63, 3.8) is 0 Å². The molecule has 6 rings (SSSR count). The van der Waals surface area contributed by atoms with Crippen molar-refractivity contribution in [3.8, 4) is 0 Å². The lowest BCUT2D eigenvalue weighted by molar-refractivity contribution is -0.701. The highest BCUT2D eigenvalue weighted by molar-refractivity contribution is 5.82. The molecule has 1 aromatic carbocycles. The van der Waals surface area contributed by atoms with Crippen molar-refractivity contribution in [1.82, 2.24) is 4.90 Å². The Bertz CT molecular complexity index is 1050. The number of piperidine rings is 1. The molecule has 4 aliphatic rings. The largest absolute Gasteiger partial charge is 0.345 e. The summed E-state index contributed by atoms with van der Waals surface area (Å²) in [5.41, 5.74) is 5.36. The van der Waals surface area contributed by atoms with Crippen molar-refractivity contribution < 1.29 is 20.4 Å². The lowest BCUT2D eigenvalue weighted by Crippen LogP contribution is -2.91. The summed E-state index contributed by atoms with van der Waals surface area (Å²) in [5.74, 6) is 1.77. The second-order valence-corrected chi connectivity index (χ2v) is 11.8. The third-order valence-corrected chi connectivity index (χ3v) is 9.84. The SMILES string of the molecule is Cc1ccc2c([nH+]1)C[NH2+]C[C@]21C[NH2+]C[C@H]1C(=O)N1CC[C@@H](c2ccccc2)C[C@H]1C1CCCCC1. The first kappa shape index (κ1) is 23.2. The van der Waals surface area contributed by atoms with Crippen LogP contribution in [0.15, 0.2) is 42.5 Å². The van der Waals surface area contributed by atoms with E-state index in [4.69, 9.17) is 0 Å². The lowest BCUT2D eigenvalue weighted by Gasteiger charge is -2.46. The minimum absolute atomic E-state index is 0.0533. The predicted molar refractivity (Wildman–Crippen MR) is 136 cm³/mol.